The van der Waals surface area contributed by atoms with Crippen LogP contribution in [0.1, 0.15) is 31.4 Å². The van der Waals surface area contributed by atoms with Gasteiger partial charge in [0.25, 0.3) is 11.1 Å². The molecule has 1 aliphatic rings. The molecule has 2 aromatic rings. The van der Waals surface area contributed by atoms with Gasteiger partial charge in [-0.25, -0.2) is 0 Å². The minimum Gasteiger partial charge on any atom is -0.481 e. The molecule has 1 saturated heterocycles. The summed E-state index contributed by atoms with van der Waals surface area (Å²) in [5.74, 6) is -0.163. The highest BCUT2D eigenvalue weighted by Gasteiger charge is 2.34. The van der Waals surface area contributed by atoms with Crippen molar-refractivity contribution < 1.29 is 23.9 Å². The Morgan fingerprint density at radius 1 is 1.14 bits per heavy atom. The topological polar surface area (TPSA) is 87.8 Å². The van der Waals surface area contributed by atoms with Crippen LogP contribution in [-0.4, -0.2) is 33.7 Å². The van der Waals surface area contributed by atoms with Gasteiger partial charge in [-0.15, -0.1) is 0 Å². The second-order valence-corrected chi connectivity index (χ2v) is 7.62. The zero-order valence-electron chi connectivity index (χ0n) is 14.9. The largest absolute Gasteiger partial charge is 0.481 e. The summed E-state index contributed by atoms with van der Waals surface area (Å²) in [5, 5.41) is 8.86. The number of carbonyl (C=O) groups is 3. The van der Waals surface area contributed by atoms with Crippen LogP contribution in [0.2, 0.25) is 5.02 Å². The molecule has 0 unspecified atom stereocenters. The second-order valence-electron chi connectivity index (χ2n) is 6.22. The molecule has 1 aromatic carbocycles. The third-order valence-electron chi connectivity index (χ3n) is 4.19. The molecule has 1 aliphatic heterocycles. The summed E-state index contributed by atoms with van der Waals surface area (Å²) in [7, 11) is 0. The molecule has 2 amide bonds. The number of unbranched alkanes of at least 4 members (excludes halogenated alkanes) is 2. The summed E-state index contributed by atoms with van der Waals surface area (Å²) >= 11 is 7.04. The lowest BCUT2D eigenvalue weighted by Gasteiger charge is -2.11. The van der Waals surface area contributed by atoms with E-state index < -0.39 is 5.97 Å². The molecule has 28 heavy (non-hydrogen) atoms. The van der Waals surface area contributed by atoms with Crippen LogP contribution in [-0.2, 0) is 9.59 Å². The van der Waals surface area contributed by atoms with E-state index in [2.05, 4.69) is 0 Å². The minimum absolute atomic E-state index is 0.0913. The zero-order chi connectivity index (χ0) is 20.1. The lowest BCUT2D eigenvalue weighted by Crippen LogP contribution is -2.29. The van der Waals surface area contributed by atoms with Crippen LogP contribution >= 0.6 is 23.4 Å². The maximum atomic E-state index is 12.5. The molecule has 1 aromatic heterocycles. The Kier molecular flexibility index (Phi) is 6.59. The molecule has 146 valence electrons. The fourth-order valence-corrected chi connectivity index (χ4v) is 3.86. The van der Waals surface area contributed by atoms with Gasteiger partial charge in [0.1, 0.15) is 11.5 Å². The van der Waals surface area contributed by atoms with Crippen molar-refractivity contribution in [2.45, 2.75) is 25.7 Å². The summed E-state index contributed by atoms with van der Waals surface area (Å²) in [4.78, 5) is 36.6. The van der Waals surface area contributed by atoms with Crippen LogP contribution in [0.5, 0.6) is 0 Å². The number of carbonyl (C=O) groups excluding carboxylic acids is 2. The van der Waals surface area contributed by atoms with E-state index in [0.717, 1.165) is 17.3 Å². The fourth-order valence-electron chi connectivity index (χ4n) is 2.78. The van der Waals surface area contributed by atoms with Gasteiger partial charge in [-0.2, -0.15) is 0 Å². The molecule has 1 N–H and O–H groups in total. The first-order valence-electron chi connectivity index (χ1n) is 8.77. The van der Waals surface area contributed by atoms with E-state index in [-0.39, 0.29) is 24.1 Å². The predicted molar refractivity (Wildman–Crippen MR) is 108 cm³/mol. The Morgan fingerprint density at radius 3 is 2.68 bits per heavy atom. The van der Waals surface area contributed by atoms with Crippen molar-refractivity contribution in [1.29, 1.82) is 0 Å². The number of aliphatic carboxylic acids is 1. The normalized spacial score (nSPS) is 15.6. The molecule has 0 saturated carbocycles. The molecule has 0 radical (unpaired) electrons. The second kappa shape index (κ2) is 9.12. The summed E-state index contributed by atoms with van der Waals surface area (Å²) in [6.07, 6.45) is 3.39. The van der Waals surface area contributed by atoms with Gasteiger partial charge in [-0.05, 0) is 48.9 Å². The van der Waals surface area contributed by atoms with Crippen LogP contribution in [0.25, 0.3) is 17.4 Å². The highest BCUT2D eigenvalue weighted by Crippen LogP contribution is 2.34. The lowest BCUT2D eigenvalue weighted by atomic mass is 10.2. The molecule has 2 heterocycles. The number of furan rings is 1. The number of thioether (sulfide) groups is 1. The van der Waals surface area contributed by atoms with Crippen molar-refractivity contribution >= 4 is 46.6 Å². The van der Waals surface area contributed by atoms with Crippen molar-refractivity contribution in [3.05, 3.63) is 52.1 Å². The zero-order valence-corrected chi connectivity index (χ0v) is 16.5. The molecular formula is C20H18ClNO5S. The first-order chi connectivity index (χ1) is 13.5. The van der Waals surface area contributed by atoms with E-state index in [1.165, 1.54) is 4.90 Å². The van der Waals surface area contributed by atoms with Gasteiger partial charge in [0.05, 0.1) is 9.93 Å². The first-order valence-corrected chi connectivity index (χ1v) is 9.97. The van der Waals surface area contributed by atoms with Crippen LogP contribution < -0.4 is 0 Å². The van der Waals surface area contributed by atoms with E-state index in [1.54, 1.807) is 24.3 Å². The lowest BCUT2D eigenvalue weighted by molar-refractivity contribution is -0.137. The van der Waals surface area contributed by atoms with Crippen LogP contribution in [0.15, 0.2) is 45.7 Å². The van der Waals surface area contributed by atoms with Crippen LogP contribution in [0.3, 0.4) is 0 Å². The maximum Gasteiger partial charge on any atom is 0.303 e. The number of nitrogens with zero attached hydrogens (tertiary/aromatic N) is 1. The van der Waals surface area contributed by atoms with Gasteiger partial charge in [0, 0.05) is 24.6 Å². The highest BCUT2D eigenvalue weighted by molar-refractivity contribution is 8.18. The molecule has 0 bridgehead atoms. The molecule has 8 heteroatoms. The van der Waals surface area contributed by atoms with Gasteiger partial charge < -0.3 is 9.52 Å². The van der Waals surface area contributed by atoms with Crippen molar-refractivity contribution in [1.82, 2.24) is 4.90 Å². The Hall–Kier alpha value is -2.51. The number of benzene rings is 1. The number of hydrogen-bond acceptors (Lipinski definition) is 5. The summed E-state index contributed by atoms with van der Waals surface area (Å²) in [6, 6.07) is 10.8. The Balaban J connectivity index is 1.64. The Bertz CT molecular complexity index is 936. The standard InChI is InChI=1S/C20H18ClNO5S/c21-15-7-4-3-6-14(15)16-10-9-13(27-16)12-17-19(25)22(20(26)28-17)11-5-1-2-8-18(23)24/h3-4,6-7,9-10,12H,1-2,5,8,11H2,(H,23,24). The monoisotopic (exact) mass is 419 g/mol. The van der Waals surface area contributed by atoms with Crippen molar-refractivity contribution in [2.24, 2.45) is 0 Å². The fraction of sp³-hybridized carbons (Fsp3) is 0.250. The predicted octanol–water partition coefficient (Wildman–Crippen LogP) is 5.28. The Morgan fingerprint density at radius 2 is 1.93 bits per heavy atom. The van der Waals surface area contributed by atoms with Gasteiger partial charge in [0.15, 0.2) is 0 Å². The number of imide groups is 1. The van der Waals surface area contributed by atoms with Crippen LogP contribution in [0, 0.1) is 0 Å². The van der Waals surface area contributed by atoms with E-state index in [9.17, 15) is 14.4 Å². The summed E-state index contributed by atoms with van der Waals surface area (Å²) < 4.78 is 5.75. The van der Waals surface area contributed by atoms with Crippen LogP contribution in [0.4, 0.5) is 4.79 Å². The van der Waals surface area contributed by atoms with Gasteiger partial charge in [-0.3, -0.25) is 19.3 Å². The number of halogens is 1. The first kappa shape index (κ1) is 20.2. The van der Waals surface area contributed by atoms with Crippen molar-refractivity contribution in [2.75, 3.05) is 6.54 Å². The molecule has 0 atom stereocenters. The maximum absolute atomic E-state index is 12.5. The number of amides is 2. The molecule has 0 aliphatic carbocycles. The molecular weight excluding hydrogens is 402 g/mol. The van der Waals surface area contributed by atoms with Gasteiger partial charge in [0.2, 0.25) is 0 Å². The third-order valence-corrected chi connectivity index (χ3v) is 5.42. The highest BCUT2D eigenvalue weighted by atomic mass is 35.5. The van der Waals surface area contributed by atoms with Gasteiger partial charge >= 0.3 is 5.97 Å². The number of carboxylic acid groups (broad SMARTS) is 1. The van der Waals surface area contributed by atoms with E-state index in [4.69, 9.17) is 21.1 Å². The summed E-state index contributed by atoms with van der Waals surface area (Å²) in [5.41, 5.74) is 0.748. The van der Waals surface area contributed by atoms with Crippen molar-refractivity contribution in [3.8, 4) is 11.3 Å². The number of hydrogen-bond donors (Lipinski definition) is 1. The van der Waals surface area contributed by atoms with Crippen molar-refractivity contribution in [3.63, 3.8) is 0 Å². The summed E-state index contributed by atoms with van der Waals surface area (Å²) in [6.45, 7) is 0.282. The minimum atomic E-state index is -0.844. The smallest absolute Gasteiger partial charge is 0.303 e. The molecule has 3 rings (SSSR count). The average Bonchev–Trinajstić information content (AvgIpc) is 3.21. The number of carboxylic acids is 1. The number of rotatable bonds is 8. The average molecular weight is 420 g/mol. The molecule has 1 fully saturated rings. The molecule has 0 spiro atoms. The SMILES string of the molecule is O=C(O)CCCCCN1C(=O)SC(=Cc2ccc(-c3ccccc3Cl)o2)C1=O. The Labute approximate surface area is 171 Å². The van der Waals surface area contributed by atoms with E-state index in [0.29, 0.717) is 40.7 Å². The van der Waals surface area contributed by atoms with E-state index in [1.807, 2.05) is 18.2 Å². The van der Waals surface area contributed by atoms with Gasteiger partial charge in [-0.1, -0.05) is 30.2 Å². The quantitative estimate of drug-likeness (QED) is 0.462. The molecule has 6 nitrogen and oxygen atoms in total. The third kappa shape index (κ3) is 4.85. The van der Waals surface area contributed by atoms with E-state index >= 15 is 0 Å².